The third kappa shape index (κ3) is 5.45. The SMILES string of the molecule is Cc1ncc(C2C(F)=CN=C([AsH2])N2C2CCN(S(=O)(=O)CCCN3CCCC3)CC2)n1C(C)C. The normalized spacial score (nSPS) is 23.6. The zero-order valence-corrected chi connectivity index (χ0v) is 23.8. The number of imidazole rings is 1. The number of sulfonamides is 1. The summed E-state index contributed by atoms with van der Waals surface area (Å²) in [6.45, 7) is 10.1. The molecule has 1 aromatic rings. The van der Waals surface area contributed by atoms with Crippen LogP contribution in [-0.4, -0.2) is 98.1 Å². The van der Waals surface area contributed by atoms with Crippen LogP contribution in [0.5, 0.6) is 0 Å². The van der Waals surface area contributed by atoms with Crippen LogP contribution in [0.3, 0.4) is 0 Å². The number of aromatic nitrogens is 2. The van der Waals surface area contributed by atoms with Crippen molar-refractivity contribution in [3.8, 4) is 0 Å². The van der Waals surface area contributed by atoms with E-state index in [1.165, 1.54) is 35.9 Å². The minimum atomic E-state index is -3.27. The van der Waals surface area contributed by atoms with Crippen molar-refractivity contribution in [1.82, 2.24) is 23.7 Å². The predicted octanol–water partition coefficient (Wildman–Crippen LogP) is 2.21. The molecule has 0 aliphatic carbocycles. The van der Waals surface area contributed by atoms with Gasteiger partial charge < -0.3 is 0 Å². The van der Waals surface area contributed by atoms with Gasteiger partial charge in [0.05, 0.1) is 0 Å². The molecule has 3 aliphatic heterocycles. The van der Waals surface area contributed by atoms with Gasteiger partial charge in [0, 0.05) is 0 Å². The van der Waals surface area contributed by atoms with Gasteiger partial charge in [0.2, 0.25) is 0 Å². The van der Waals surface area contributed by atoms with Crippen LogP contribution in [0.4, 0.5) is 4.39 Å². The summed E-state index contributed by atoms with van der Waals surface area (Å²) in [5.74, 6) is 0.771. The van der Waals surface area contributed by atoms with E-state index >= 15 is 4.39 Å². The van der Waals surface area contributed by atoms with Crippen LogP contribution in [0, 0.1) is 6.92 Å². The first-order valence-electron chi connectivity index (χ1n) is 12.4. The Kier molecular flexibility index (Phi) is 8.22. The maximum atomic E-state index is 15.3. The number of rotatable bonds is 8. The second-order valence-corrected chi connectivity index (χ2v) is 13.0. The molecule has 0 N–H and O–H groups in total. The van der Waals surface area contributed by atoms with E-state index in [9.17, 15) is 8.42 Å². The number of halogens is 1. The Labute approximate surface area is 211 Å². The molecule has 2 fully saturated rings. The molecule has 4 rings (SSSR count). The molecule has 0 amide bonds. The summed E-state index contributed by atoms with van der Waals surface area (Å²) in [5, 5.41) is 0. The van der Waals surface area contributed by atoms with Crippen LogP contribution in [0.2, 0.25) is 0 Å². The molecule has 1 aromatic heterocycles. The van der Waals surface area contributed by atoms with E-state index in [0.29, 0.717) is 32.4 Å². The Morgan fingerprint density at radius 2 is 1.85 bits per heavy atom. The number of likely N-dealkylation sites (tertiary alicyclic amines) is 1. The molecular weight excluding hydrogens is 518 g/mol. The summed E-state index contributed by atoms with van der Waals surface area (Å²) < 4.78 is 45.7. The van der Waals surface area contributed by atoms with Crippen LogP contribution in [0.15, 0.2) is 23.2 Å². The van der Waals surface area contributed by atoms with Crippen LogP contribution in [0.25, 0.3) is 0 Å². The first-order chi connectivity index (χ1) is 16.2. The number of piperidine rings is 1. The van der Waals surface area contributed by atoms with Gasteiger partial charge in [0.1, 0.15) is 0 Å². The zero-order valence-electron chi connectivity index (χ0n) is 20.5. The summed E-state index contributed by atoms with van der Waals surface area (Å²) in [6, 6.07) is -0.386. The molecular formula is C23H38AsFN6O2S. The van der Waals surface area contributed by atoms with Crippen LogP contribution in [0.1, 0.15) is 69.6 Å². The average molecular weight is 557 g/mol. The summed E-state index contributed by atoms with van der Waals surface area (Å²) in [6.07, 6.45) is 7.53. The Morgan fingerprint density at radius 1 is 1.18 bits per heavy atom. The number of amidine groups is 1. The molecule has 0 aromatic carbocycles. The number of hydrogen-bond acceptors (Lipinski definition) is 6. The molecule has 34 heavy (non-hydrogen) atoms. The maximum absolute atomic E-state index is 15.3. The Balaban J connectivity index is 1.44. The Morgan fingerprint density at radius 3 is 2.50 bits per heavy atom. The Bertz CT molecular complexity index is 1030. The van der Waals surface area contributed by atoms with Crippen LogP contribution >= 0.6 is 0 Å². The molecule has 2 atom stereocenters. The standard InChI is InChI=1S/C23H38AsFN6O2S/c1-17(2)30-18(3)26-16-21(30)22-20(25)15-27-23(24)31(22)19-7-12-29(13-8-19)34(32,33)14-6-11-28-9-4-5-10-28/h15-17,19,22H,4-14,24H2,1-3H3. The van der Waals surface area contributed by atoms with Crippen molar-refractivity contribution in [3.63, 3.8) is 0 Å². The van der Waals surface area contributed by atoms with Crippen molar-refractivity contribution in [2.45, 2.75) is 71.0 Å². The summed E-state index contributed by atoms with van der Waals surface area (Å²) in [7, 11) is -3.27. The fraction of sp³-hybridized carbons (Fsp3) is 0.739. The fourth-order valence-electron chi connectivity index (χ4n) is 5.56. The number of aliphatic imine (C=N–C) groups is 1. The quantitative estimate of drug-likeness (QED) is 0.460. The summed E-state index contributed by atoms with van der Waals surface area (Å²) >= 11 is 1.36. The van der Waals surface area contributed by atoms with Crippen molar-refractivity contribution in [1.29, 1.82) is 0 Å². The van der Waals surface area contributed by atoms with E-state index in [-0.39, 0.29) is 23.7 Å². The topological polar surface area (TPSA) is 74.0 Å². The average Bonchev–Trinajstić information content (AvgIpc) is 3.44. The monoisotopic (exact) mass is 556 g/mol. The molecule has 8 nitrogen and oxygen atoms in total. The third-order valence-corrected chi connectivity index (χ3v) is 10.1. The zero-order chi connectivity index (χ0) is 24.5. The van der Waals surface area contributed by atoms with Crippen molar-refractivity contribution in [3.05, 3.63) is 29.7 Å². The second-order valence-electron chi connectivity index (χ2n) is 9.85. The van der Waals surface area contributed by atoms with Gasteiger partial charge in [-0.3, -0.25) is 0 Å². The van der Waals surface area contributed by atoms with Gasteiger partial charge in [-0.15, -0.1) is 0 Å². The number of nitrogens with zero attached hydrogens (tertiary/aromatic N) is 6. The number of aryl methyl sites for hydroxylation is 1. The van der Waals surface area contributed by atoms with Gasteiger partial charge >= 0.3 is 199 Å². The molecule has 4 heterocycles. The fourth-order valence-corrected chi connectivity index (χ4v) is 7.99. The minimum absolute atomic E-state index is 0.0296. The predicted molar refractivity (Wildman–Crippen MR) is 136 cm³/mol. The van der Waals surface area contributed by atoms with Crippen molar-refractivity contribution in [2.75, 3.05) is 38.5 Å². The van der Waals surface area contributed by atoms with Gasteiger partial charge in [-0.2, -0.15) is 0 Å². The van der Waals surface area contributed by atoms with Gasteiger partial charge in [-0.05, 0) is 12.8 Å². The molecule has 0 spiro atoms. The molecule has 190 valence electrons. The third-order valence-electron chi connectivity index (χ3n) is 7.22. The van der Waals surface area contributed by atoms with E-state index in [1.807, 2.05) is 6.92 Å². The first-order valence-corrected chi connectivity index (χ1v) is 15.2. The first kappa shape index (κ1) is 25.9. The van der Waals surface area contributed by atoms with Crippen LogP contribution in [-0.2, 0) is 10.0 Å². The molecule has 0 radical (unpaired) electrons. The Hall–Kier alpha value is -1.22. The van der Waals surface area contributed by atoms with E-state index in [0.717, 1.165) is 35.8 Å². The molecule has 11 heteroatoms. The van der Waals surface area contributed by atoms with Crippen molar-refractivity contribution < 1.29 is 12.8 Å². The summed E-state index contributed by atoms with van der Waals surface area (Å²) in [5.41, 5.74) is 0.822. The number of hydrogen-bond donors (Lipinski definition) is 0. The van der Waals surface area contributed by atoms with Gasteiger partial charge in [0.25, 0.3) is 0 Å². The molecule has 2 unspecified atom stereocenters. The second kappa shape index (κ2) is 10.8. The van der Waals surface area contributed by atoms with E-state index in [2.05, 4.69) is 38.2 Å². The van der Waals surface area contributed by atoms with Crippen LogP contribution < -0.4 is 0 Å². The van der Waals surface area contributed by atoms with Crippen molar-refractivity contribution >= 4 is 31.5 Å². The van der Waals surface area contributed by atoms with Gasteiger partial charge in [0.15, 0.2) is 0 Å². The molecule has 0 saturated carbocycles. The summed E-state index contributed by atoms with van der Waals surface area (Å²) in [4.78, 5) is 13.2. The van der Waals surface area contributed by atoms with Gasteiger partial charge in [-0.25, -0.2) is 0 Å². The molecule has 2 saturated heterocycles. The molecule has 0 bridgehead atoms. The molecule has 3 aliphatic rings. The van der Waals surface area contributed by atoms with E-state index in [1.54, 1.807) is 10.5 Å². The van der Waals surface area contributed by atoms with E-state index < -0.39 is 16.1 Å². The van der Waals surface area contributed by atoms with Gasteiger partial charge in [-0.1, -0.05) is 0 Å². The van der Waals surface area contributed by atoms with E-state index in [4.69, 9.17) is 0 Å². The van der Waals surface area contributed by atoms with Crippen molar-refractivity contribution in [2.24, 2.45) is 4.99 Å².